The molecule has 0 aliphatic carbocycles. The monoisotopic (exact) mass is 424 g/mol. The molecule has 0 N–H and O–H groups in total. The van der Waals surface area contributed by atoms with Crippen LogP contribution in [0.5, 0.6) is 0 Å². The third-order valence-electron chi connectivity index (χ3n) is 4.82. The van der Waals surface area contributed by atoms with E-state index in [1.54, 1.807) is 24.3 Å². The number of nitrogens with zero attached hydrogens (tertiary/aromatic N) is 2. The molecule has 0 spiro atoms. The summed E-state index contributed by atoms with van der Waals surface area (Å²) in [6.45, 7) is 8.20. The van der Waals surface area contributed by atoms with Gasteiger partial charge in [0.15, 0.2) is 0 Å². The van der Waals surface area contributed by atoms with Gasteiger partial charge in [0, 0.05) is 12.1 Å². The Morgan fingerprint density at radius 1 is 0.800 bits per heavy atom. The maximum absolute atomic E-state index is 13.5. The highest BCUT2D eigenvalue weighted by Gasteiger charge is 2.27. The minimum Gasteiger partial charge on any atom is -0.258 e. The Kier molecular flexibility index (Phi) is 5.67. The Bertz CT molecular complexity index is 1150. The van der Waals surface area contributed by atoms with Crippen LogP contribution in [0.4, 0.5) is 17.1 Å². The Balaban J connectivity index is 2.14. The van der Waals surface area contributed by atoms with Gasteiger partial charge in [0.25, 0.3) is 15.7 Å². The molecule has 0 saturated heterocycles. The van der Waals surface area contributed by atoms with E-state index in [0.29, 0.717) is 11.4 Å². The molecule has 0 saturated carbocycles. The lowest BCUT2D eigenvalue weighted by atomic mass is 9.87. The Hall–Kier alpha value is -3.19. The summed E-state index contributed by atoms with van der Waals surface area (Å²) in [5, 5.41) is 10.9. The number of non-ortho nitro benzene ring substituents is 1. The van der Waals surface area contributed by atoms with Crippen molar-refractivity contribution in [1.82, 2.24) is 0 Å². The minimum absolute atomic E-state index is 0.0198. The Morgan fingerprint density at radius 2 is 1.27 bits per heavy atom. The third-order valence-corrected chi connectivity index (χ3v) is 6.59. The van der Waals surface area contributed by atoms with Crippen LogP contribution in [0.2, 0.25) is 0 Å². The molecule has 0 unspecified atom stereocenters. The van der Waals surface area contributed by atoms with Gasteiger partial charge in [-0.3, -0.25) is 10.1 Å². The summed E-state index contributed by atoms with van der Waals surface area (Å²) in [4.78, 5) is 10.4. The van der Waals surface area contributed by atoms with E-state index in [1.807, 2.05) is 31.2 Å². The summed E-state index contributed by atoms with van der Waals surface area (Å²) in [5.74, 6) is 0. The van der Waals surface area contributed by atoms with Crippen molar-refractivity contribution < 1.29 is 13.3 Å². The van der Waals surface area contributed by atoms with Gasteiger partial charge in [-0.05, 0) is 54.3 Å². The summed E-state index contributed by atoms with van der Waals surface area (Å²) in [7, 11) is -4.00. The molecule has 0 radical (unpaired) electrons. The summed E-state index contributed by atoms with van der Waals surface area (Å²) in [5.41, 5.74) is 2.85. The molecule has 0 fully saturated rings. The second-order valence-corrected chi connectivity index (χ2v) is 9.94. The number of hydrogen-bond donors (Lipinski definition) is 0. The van der Waals surface area contributed by atoms with Crippen LogP contribution >= 0.6 is 0 Å². The first kappa shape index (κ1) is 21.5. The van der Waals surface area contributed by atoms with Crippen LogP contribution < -0.4 is 4.31 Å². The predicted octanol–water partition coefficient (Wildman–Crippen LogP) is 5.73. The van der Waals surface area contributed by atoms with Crippen molar-refractivity contribution in [1.29, 1.82) is 0 Å². The molecule has 30 heavy (non-hydrogen) atoms. The summed E-state index contributed by atoms with van der Waals surface area (Å²) in [6, 6.07) is 19.5. The van der Waals surface area contributed by atoms with Gasteiger partial charge in [-0.25, -0.2) is 12.7 Å². The second-order valence-electron chi connectivity index (χ2n) is 8.15. The van der Waals surface area contributed by atoms with Crippen molar-refractivity contribution in [3.05, 3.63) is 94.0 Å². The number of sulfonamides is 1. The van der Waals surface area contributed by atoms with E-state index in [2.05, 4.69) is 20.8 Å². The molecule has 0 amide bonds. The van der Waals surface area contributed by atoms with E-state index in [4.69, 9.17) is 0 Å². The second kappa shape index (κ2) is 7.91. The molecule has 0 aromatic heterocycles. The number of hydrogen-bond acceptors (Lipinski definition) is 4. The lowest BCUT2D eigenvalue weighted by Gasteiger charge is -2.26. The number of rotatable bonds is 5. The minimum atomic E-state index is -4.00. The van der Waals surface area contributed by atoms with Gasteiger partial charge in [0.05, 0.1) is 21.2 Å². The normalized spacial score (nSPS) is 11.9. The van der Waals surface area contributed by atoms with Gasteiger partial charge < -0.3 is 0 Å². The highest BCUT2D eigenvalue weighted by atomic mass is 32.2. The molecule has 7 heteroatoms. The zero-order chi connectivity index (χ0) is 22.1. The number of benzene rings is 3. The van der Waals surface area contributed by atoms with Gasteiger partial charge in [0.1, 0.15) is 0 Å². The molecule has 3 aromatic rings. The first-order chi connectivity index (χ1) is 14.0. The maximum atomic E-state index is 13.5. The Morgan fingerprint density at radius 3 is 1.70 bits per heavy atom. The zero-order valence-electron chi connectivity index (χ0n) is 17.4. The molecule has 3 aromatic carbocycles. The summed E-state index contributed by atoms with van der Waals surface area (Å²) < 4.78 is 28.3. The average Bonchev–Trinajstić information content (AvgIpc) is 2.69. The molecule has 0 atom stereocenters. The fourth-order valence-electron chi connectivity index (χ4n) is 3.05. The van der Waals surface area contributed by atoms with Crippen LogP contribution in [0.1, 0.15) is 31.9 Å². The fraction of sp³-hybridized carbons (Fsp3) is 0.217. The number of anilines is 2. The van der Waals surface area contributed by atoms with Gasteiger partial charge in [0.2, 0.25) is 0 Å². The van der Waals surface area contributed by atoms with E-state index < -0.39 is 14.9 Å². The van der Waals surface area contributed by atoms with Gasteiger partial charge in [-0.15, -0.1) is 0 Å². The van der Waals surface area contributed by atoms with Crippen LogP contribution in [0.3, 0.4) is 0 Å². The molecule has 6 nitrogen and oxygen atoms in total. The van der Waals surface area contributed by atoms with Gasteiger partial charge >= 0.3 is 0 Å². The largest absolute Gasteiger partial charge is 0.269 e. The van der Waals surface area contributed by atoms with Gasteiger partial charge in [-0.1, -0.05) is 50.6 Å². The lowest BCUT2D eigenvalue weighted by molar-refractivity contribution is -0.384. The molecule has 0 bridgehead atoms. The van der Waals surface area contributed by atoms with Gasteiger partial charge in [-0.2, -0.15) is 0 Å². The van der Waals surface area contributed by atoms with Crippen LogP contribution in [0, 0.1) is 17.0 Å². The topological polar surface area (TPSA) is 80.5 Å². The zero-order valence-corrected chi connectivity index (χ0v) is 18.2. The average molecular weight is 425 g/mol. The fourth-order valence-corrected chi connectivity index (χ4v) is 4.54. The molecule has 0 aliphatic rings. The van der Waals surface area contributed by atoms with E-state index in [-0.39, 0.29) is 16.0 Å². The molecule has 0 heterocycles. The predicted molar refractivity (Wildman–Crippen MR) is 119 cm³/mol. The SMILES string of the molecule is Cc1ccc(N(c2ccc(C(C)(C)C)cc2)S(=O)(=O)c2ccc([N+](=O)[O-])cc2)cc1. The molecule has 3 rings (SSSR count). The van der Waals surface area contributed by atoms with Crippen LogP contribution in [-0.4, -0.2) is 13.3 Å². The highest BCUT2D eigenvalue weighted by Crippen LogP contribution is 2.34. The van der Waals surface area contributed by atoms with Crippen molar-refractivity contribution >= 4 is 27.1 Å². The molecule has 0 aliphatic heterocycles. The molecular formula is C23H24N2O4S. The first-order valence-electron chi connectivity index (χ1n) is 9.47. The number of nitro benzene ring substituents is 1. The summed E-state index contributed by atoms with van der Waals surface area (Å²) in [6.07, 6.45) is 0. The molecule has 156 valence electrons. The first-order valence-corrected chi connectivity index (χ1v) is 10.9. The van der Waals surface area contributed by atoms with Crippen LogP contribution in [-0.2, 0) is 15.4 Å². The van der Waals surface area contributed by atoms with Crippen molar-refractivity contribution in [2.75, 3.05) is 4.31 Å². The van der Waals surface area contributed by atoms with E-state index in [1.165, 1.54) is 28.6 Å². The summed E-state index contributed by atoms with van der Waals surface area (Å²) >= 11 is 0. The van der Waals surface area contributed by atoms with Crippen molar-refractivity contribution in [3.8, 4) is 0 Å². The van der Waals surface area contributed by atoms with Crippen molar-refractivity contribution in [3.63, 3.8) is 0 Å². The van der Waals surface area contributed by atoms with Crippen molar-refractivity contribution in [2.24, 2.45) is 0 Å². The number of aryl methyl sites for hydroxylation is 1. The maximum Gasteiger partial charge on any atom is 0.269 e. The van der Waals surface area contributed by atoms with Crippen LogP contribution in [0.15, 0.2) is 77.7 Å². The Labute approximate surface area is 177 Å². The smallest absolute Gasteiger partial charge is 0.258 e. The standard InChI is InChI=1S/C23H24N2O4S/c1-17-5-9-19(10-6-17)24(20-11-7-18(8-12-20)23(2,3)4)30(28,29)22-15-13-21(14-16-22)25(26)27/h5-16H,1-4H3. The lowest BCUT2D eigenvalue weighted by Crippen LogP contribution is -2.26. The van der Waals surface area contributed by atoms with Crippen LogP contribution in [0.25, 0.3) is 0 Å². The van der Waals surface area contributed by atoms with E-state index in [0.717, 1.165) is 11.1 Å². The van der Waals surface area contributed by atoms with E-state index >= 15 is 0 Å². The third kappa shape index (κ3) is 4.36. The quantitative estimate of drug-likeness (QED) is 0.387. The molecular weight excluding hydrogens is 400 g/mol. The number of nitro groups is 1. The van der Waals surface area contributed by atoms with Crippen molar-refractivity contribution in [2.45, 2.75) is 38.0 Å². The highest BCUT2D eigenvalue weighted by molar-refractivity contribution is 7.93. The van der Waals surface area contributed by atoms with E-state index in [9.17, 15) is 18.5 Å².